The summed E-state index contributed by atoms with van der Waals surface area (Å²) in [6.07, 6.45) is 12.5. The maximum atomic E-state index is 12.1. The number of allylic oxidation sites excluding steroid dienone is 1. The predicted molar refractivity (Wildman–Crippen MR) is 111 cm³/mol. The predicted octanol–water partition coefficient (Wildman–Crippen LogP) is 1.35. The molecule has 0 bridgehead atoms. The molecule has 0 spiro atoms. The summed E-state index contributed by atoms with van der Waals surface area (Å²) in [5.74, 6) is 0. The number of aromatic amines is 2. The first kappa shape index (κ1) is 18.9. The topological polar surface area (TPSA) is 116 Å². The van der Waals surface area contributed by atoms with Gasteiger partial charge in [-0.1, -0.05) is 0 Å². The summed E-state index contributed by atoms with van der Waals surface area (Å²) in [6, 6.07) is 0. The second-order valence-electron chi connectivity index (χ2n) is 7.37. The number of rotatable bonds is 6. The Morgan fingerprint density at radius 2 is 1.90 bits per heavy atom. The van der Waals surface area contributed by atoms with E-state index < -0.39 is 5.54 Å². The fourth-order valence-electron chi connectivity index (χ4n) is 3.77. The van der Waals surface area contributed by atoms with Gasteiger partial charge in [-0.05, 0) is 27.1 Å². The van der Waals surface area contributed by atoms with Crippen LogP contribution in [0, 0.1) is 0 Å². The van der Waals surface area contributed by atoms with Crippen LogP contribution in [0.2, 0.25) is 0 Å². The third kappa shape index (κ3) is 3.77. The number of aliphatic imine (C=N–C) groups is 1. The Hall–Kier alpha value is -3.46. The number of hydrogen-bond acceptors (Lipinski definition) is 7. The van der Waals surface area contributed by atoms with Crippen LogP contribution in [-0.2, 0) is 6.42 Å². The zero-order valence-corrected chi connectivity index (χ0v) is 16.5. The molecular formula is C20H22N8O. The van der Waals surface area contributed by atoms with Gasteiger partial charge >= 0.3 is 0 Å². The molecule has 0 amide bonds. The minimum Gasteiger partial charge on any atom is -0.307 e. The quantitative estimate of drug-likeness (QED) is 0.656. The molecule has 29 heavy (non-hydrogen) atoms. The average Bonchev–Trinajstić information content (AvgIpc) is 3.25. The maximum Gasteiger partial charge on any atom is 0.273 e. The van der Waals surface area contributed by atoms with E-state index in [1.54, 1.807) is 37.2 Å². The summed E-state index contributed by atoms with van der Waals surface area (Å²) < 4.78 is 0. The molecular weight excluding hydrogens is 368 g/mol. The van der Waals surface area contributed by atoms with E-state index in [9.17, 15) is 4.79 Å². The molecule has 1 unspecified atom stereocenters. The molecule has 1 aliphatic rings. The van der Waals surface area contributed by atoms with E-state index in [0.717, 1.165) is 17.0 Å². The largest absolute Gasteiger partial charge is 0.307 e. The third-order valence-corrected chi connectivity index (χ3v) is 4.77. The van der Waals surface area contributed by atoms with Crippen LogP contribution < -0.4 is 5.56 Å². The van der Waals surface area contributed by atoms with Crippen molar-refractivity contribution in [1.29, 1.82) is 0 Å². The SMILES string of the molecule is CC1=NC(Cc2nccnc2-c2c[nH][nH]c2=O)(CN(C)C)C=C1c1cnccn1. The molecule has 4 rings (SSSR count). The van der Waals surface area contributed by atoms with Crippen LogP contribution in [0.1, 0.15) is 18.3 Å². The highest BCUT2D eigenvalue weighted by Crippen LogP contribution is 2.33. The lowest BCUT2D eigenvalue weighted by atomic mass is 9.91. The van der Waals surface area contributed by atoms with Crippen molar-refractivity contribution in [3.8, 4) is 11.3 Å². The molecule has 0 saturated heterocycles. The van der Waals surface area contributed by atoms with E-state index in [1.165, 1.54) is 0 Å². The van der Waals surface area contributed by atoms with E-state index in [0.29, 0.717) is 29.9 Å². The van der Waals surface area contributed by atoms with Gasteiger partial charge < -0.3 is 10.00 Å². The summed E-state index contributed by atoms with van der Waals surface area (Å²) in [5, 5.41) is 5.28. The summed E-state index contributed by atoms with van der Waals surface area (Å²) >= 11 is 0. The lowest BCUT2D eigenvalue weighted by molar-refractivity contribution is 0.326. The van der Waals surface area contributed by atoms with Crippen LogP contribution >= 0.6 is 0 Å². The molecule has 0 radical (unpaired) electrons. The van der Waals surface area contributed by atoms with Gasteiger partial charge in [0.05, 0.1) is 34.4 Å². The summed E-state index contributed by atoms with van der Waals surface area (Å²) in [4.78, 5) is 36.8. The van der Waals surface area contributed by atoms with Gasteiger partial charge in [0.1, 0.15) is 0 Å². The van der Waals surface area contributed by atoms with Gasteiger partial charge in [0.15, 0.2) is 0 Å². The molecule has 4 heterocycles. The Kier molecular flexibility index (Phi) is 4.89. The van der Waals surface area contributed by atoms with Gasteiger partial charge in [-0.3, -0.25) is 34.8 Å². The highest BCUT2D eigenvalue weighted by molar-refractivity contribution is 6.24. The molecule has 0 aromatic carbocycles. The zero-order chi connectivity index (χ0) is 20.4. The number of aromatic nitrogens is 6. The van der Waals surface area contributed by atoms with Gasteiger partial charge in [-0.25, -0.2) is 0 Å². The Bertz CT molecular complexity index is 1130. The van der Waals surface area contributed by atoms with Crippen molar-refractivity contribution in [2.45, 2.75) is 18.9 Å². The summed E-state index contributed by atoms with van der Waals surface area (Å²) in [5.41, 5.74) is 3.61. The first-order valence-electron chi connectivity index (χ1n) is 9.24. The molecule has 0 saturated carbocycles. The number of hydrogen-bond donors (Lipinski definition) is 2. The second-order valence-corrected chi connectivity index (χ2v) is 7.37. The summed E-state index contributed by atoms with van der Waals surface area (Å²) in [7, 11) is 4.02. The maximum absolute atomic E-state index is 12.1. The van der Waals surface area contributed by atoms with Crippen molar-refractivity contribution in [2.75, 3.05) is 20.6 Å². The molecule has 9 heteroatoms. The van der Waals surface area contributed by atoms with E-state index in [4.69, 9.17) is 4.99 Å². The van der Waals surface area contributed by atoms with E-state index in [2.05, 4.69) is 41.1 Å². The first-order valence-corrected chi connectivity index (χ1v) is 9.24. The standard InChI is InChI=1S/C20H22N8O/c1-13-14(17-11-21-4-5-23-17)8-20(26-13,12-28(2)3)9-16-18(24-7-6-22-16)15-10-25-27-19(15)29/h4-8,10-11H,9,12H2,1-3H3,(H2,25,27,29). The van der Waals surface area contributed by atoms with Crippen LogP contribution in [0.3, 0.4) is 0 Å². The van der Waals surface area contributed by atoms with Gasteiger partial charge in [0, 0.05) is 55.2 Å². The minimum absolute atomic E-state index is 0.227. The molecule has 3 aromatic heterocycles. The molecule has 0 aliphatic carbocycles. The smallest absolute Gasteiger partial charge is 0.273 e. The molecule has 0 fully saturated rings. The Morgan fingerprint density at radius 1 is 1.10 bits per heavy atom. The van der Waals surface area contributed by atoms with Crippen LogP contribution in [0.15, 0.2) is 53.0 Å². The molecule has 3 aromatic rings. The first-order chi connectivity index (χ1) is 14.0. The van der Waals surface area contributed by atoms with Crippen molar-refractivity contribution >= 4 is 11.3 Å². The van der Waals surface area contributed by atoms with Crippen molar-refractivity contribution in [1.82, 2.24) is 35.0 Å². The summed E-state index contributed by atoms with van der Waals surface area (Å²) in [6.45, 7) is 2.65. The number of nitrogens with one attached hydrogen (secondary N) is 2. The van der Waals surface area contributed by atoms with Crippen molar-refractivity contribution in [3.05, 3.63) is 65.0 Å². The fraction of sp³-hybridized carbons (Fsp3) is 0.300. The number of H-pyrrole nitrogens is 2. The monoisotopic (exact) mass is 390 g/mol. The van der Waals surface area contributed by atoms with E-state index in [-0.39, 0.29) is 5.56 Å². The molecule has 1 aliphatic heterocycles. The molecule has 148 valence electrons. The van der Waals surface area contributed by atoms with Gasteiger partial charge in [0.25, 0.3) is 5.56 Å². The zero-order valence-electron chi connectivity index (χ0n) is 16.5. The highest BCUT2D eigenvalue weighted by atomic mass is 16.1. The lowest BCUT2D eigenvalue weighted by Crippen LogP contribution is -2.38. The van der Waals surface area contributed by atoms with Crippen molar-refractivity contribution in [2.24, 2.45) is 4.99 Å². The minimum atomic E-state index is -0.547. The van der Waals surface area contributed by atoms with Crippen LogP contribution in [0.25, 0.3) is 16.8 Å². The Balaban J connectivity index is 1.79. The van der Waals surface area contributed by atoms with Gasteiger partial charge in [0.2, 0.25) is 0 Å². The van der Waals surface area contributed by atoms with E-state index >= 15 is 0 Å². The molecule has 2 N–H and O–H groups in total. The number of nitrogens with zero attached hydrogens (tertiary/aromatic N) is 6. The van der Waals surface area contributed by atoms with Crippen LogP contribution in [-0.4, -0.2) is 66.9 Å². The molecule has 9 nitrogen and oxygen atoms in total. The lowest BCUT2D eigenvalue weighted by Gasteiger charge is -2.28. The normalized spacial score (nSPS) is 18.8. The fourth-order valence-corrected chi connectivity index (χ4v) is 3.77. The van der Waals surface area contributed by atoms with Crippen LogP contribution in [0.5, 0.6) is 0 Å². The van der Waals surface area contributed by atoms with Crippen molar-refractivity contribution in [3.63, 3.8) is 0 Å². The highest BCUT2D eigenvalue weighted by Gasteiger charge is 2.36. The molecule has 1 atom stereocenters. The average molecular weight is 390 g/mol. The number of likely N-dealkylation sites (N-methyl/N-ethyl adjacent to an activating group) is 1. The second kappa shape index (κ2) is 7.51. The van der Waals surface area contributed by atoms with E-state index in [1.807, 2.05) is 21.0 Å². The third-order valence-electron chi connectivity index (χ3n) is 4.77. The Morgan fingerprint density at radius 3 is 2.59 bits per heavy atom. The van der Waals surface area contributed by atoms with Crippen LogP contribution in [0.4, 0.5) is 0 Å². The van der Waals surface area contributed by atoms with Crippen molar-refractivity contribution < 1.29 is 0 Å². The Labute approximate surface area is 167 Å². The van der Waals surface area contributed by atoms with Gasteiger partial charge in [-0.2, -0.15) is 0 Å². The van der Waals surface area contributed by atoms with Gasteiger partial charge in [-0.15, -0.1) is 0 Å².